The van der Waals surface area contributed by atoms with Crippen LogP contribution in [0.5, 0.6) is 5.75 Å². The Kier molecular flexibility index (Phi) is 5.49. The molecule has 0 aromatic heterocycles. The van der Waals surface area contributed by atoms with Gasteiger partial charge in [0, 0.05) is 22.5 Å². The summed E-state index contributed by atoms with van der Waals surface area (Å²) in [5, 5.41) is 10.3. The zero-order chi connectivity index (χ0) is 13.7. The maximum absolute atomic E-state index is 11.3. The van der Waals surface area contributed by atoms with E-state index in [2.05, 4.69) is 31.9 Å². The summed E-state index contributed by atoms with van der Waals surface area (Å²) in [5.41, 5.74) is 0.440. The molecule has 0 radical (unpaired) electrons. The summed E-state index contributed by atoms with van der Waals surface area (Å²) in [6.45, 7) is 1.67. The molecule has 0 fully saturated rings. The minimum atomic E-state index is -0.583. The highest BCUT2D eigenvalue weighted by Crippen LogP contribution is 2.34. The molecule has 1 aromatic rings. The van der Waals surface area contributed by atoms with E-state index >= 15 is 0 Å². The number of esters is 1. The molecule has 0 unspecified atom stereocenters. The quantitative estimate of drug-likeness (QED) is 0.346. The fraction of sp³-hybridized carbons (Fsp3) is 0.182. The van der Waals surface area contributed by atoms with Gasteiger partial charge in [-0.15, -0.1) is 0 Å². The third-order valence-electron chi connectivity index (χ3n) is 1.92. The molecular weight excluding hydrogens is 370 g/mol. The molecule has 5 nitrogen and oxygen atoms in total. The molecular formula is C11H9Br2NO4. The Labute approximate surface area is 120 Å². The summed E-state index contributed by atoms with van der Waals surface area (Å²) in [5.74, 6) is -0.142. The van der Waals surface area contributed by atoms with E-state index in [-0.39, 0.29) is 12.2 Å². The van der Waals surface area contributed by atoms with E-state index < -0.39 is 10.9 Å². The number of ether oxygens (including phenoxy) is 1. The number of hydrogen-bond donors (Lipinski definition) is 0. The SMILES string of the molecule is CCC(=O)Oc1c(Br)cc(Br)cc1/C=C/[N+](=O)[O-]. The molecule has 0 atom stereocenters. The average Bonchev–Trinajstić information content (AvgIpc) is 2.29. The van der Waals surface area contributed by atoms with Gasteiger partial charge >= 0.3 is 5.97 Å². The summed E-state index contributed by atoms with van der Waals surface area (Å²) in [7, 11) is 0. The largest absolute Gasteiger partial charge is 0.425 e. The minimum absolute atomic E-state index is 0.223. The smallest absolute Gasteiger partial charge is 0.310 e. The van der Waals surface area contributed by atoms with Crippen LogP contribution in [0.4, 0.5) is 0 Å². The van der Waals surface area contributed by atoms with Gasteiger partial charge in [0.25, 0.3) is 0 Å². The Morgan fingerprint density at radius 2 is 2.17 bits per heavy atom. The van der Waals surface area contributed by atoms with Crippen molar-refractivity contribution in [2.45, 2.75) is 13.3 Å². The summed E-state index contributed by atoms with van der Waals surface area (Å²) < 4.78 is 6.39. The standard InChI is InChI=1S/C11H9Br2NO4/c1-2-10(15)18-11-7(3-4-14(16)17)5-8(12)6-9(11)13/h3-6H,2H2,1H3/b4-3+. The molecule has 0 saturated carbocycles. The number of hydrogen-bond acceptors (Lipinski definition) is 4. The molecule has 0 amide bonds. The second-order valence-corrected chi connectivity index (χ2v) is 5.00. The Morgan fingerprint density at radius 1 is 1.50 bits per heavy atom. The van der Waals surface area contributed by atoms with E-state index in [1.54, 1.807) is 19.1 Å². The lowest BCUT2D eigenvalue weighted by Gasteiger charge is -2.09. The van der Waals surface area contributed by atoms with Gasteiger partial charge < -0.3 is 4.74 Å². The zero-order valence-electron chi connectivity index (χ0n) is 9.35. The van der Waals surface area contributed by atoms with Gasteiger partial charge in [0.15, 0.2) is 5.75 Å². The number of nitrogens with zero attached hydrogens (tertiary/aromatic N) is 1. The molecule has 0 aliphatic heterocycles. The predicted octanol–water partition coefficient (Wildman–Crippen LogP) is 3.77. The van der Waals surface area contributed by atoms with E-state index in [0.29, 0.717) is 14.5 Å². The topological polar surface area (TPSA) is 69.4 Å². The first-order chi connectivity index (χ1) is 8.43. The number of carbonyl (C=O) groups is 1. The number of benzene rings is 1. The van der Waals surface area contributed by atoms with Gasteiger partial charge in [-0.3, -0.25) is 14.9 Å². The molecule has 96 valence electrons. The monoisotopic (exact) mass is 377 g/mol. The van der Waals surface area contributed by atoms with Crippen LogP contribution in [0.2, 0.25) is 0 Å². The van der Waals surface area contributed by atoms with E-state index in [1.165, 1.54) is 6.08 Å². The first-order valence-electron chi connectivity index (χ1n) is 4.95. The first-order valence-corrected chi connectivity index (χ1v) is 6.54. The van der Waals surface area contributed by atoms with Crippen molar-refractivity contribution in [2.24, 2.45) is 0 Å². The molecule has 0 aliphatic rings. The van der Waals surface area contributed by atoms with E-state index in [0.717, 1.165) is 6.20 Å². The van der Waals surface area contributed by atoms with Crippen molar-refractivity contribution < 1.29 is 14.5 Å². The normalized spacial score (nSPS) is 10.6. The fourth-order valence-electron chi connectivity index (χ4n) is 1.14. The summed E-state index contributed by atoms with van der Waals surface area (Å²) in [6, 6.07) is 3.32. The number of halogens is 2. The van der Waals surface area contributed by atoms with Crippen molar-refractivity contribution in [1.29, 1.82) is 0 Å². The van der Waals surface area contributed by atoms with Gasteiger partial charge in [-0.2, -0.15) is 0 Å². The minimum Gasteiger partial charge on any atom is -0.425 e. The van der Waals surface area contributed by atoms with Gasteiger partial charge in [0.1, 0.15) is 0 Å². The first kappa shape index (κ1) is 14.8. The van der Waals surface area contributed by atoms with Crippen LogP contribution >= 0.6 is 31.9 Å². The fourth-order valence-corrected chi connectivity index (χ4v) is 2.48. The maximum atomic E-state index is 11.3. The van der Waals surface area contributed by atoms with Gasteiger partial charge in [-0.25, -0.2) is 0 Å². The van der Waals surface area contributed by atoms with E-state index in [4.69, 9.17) is 4.74 Å². The molecule has 1 aromatic carbocycles. The molecule has 0 N–H and O–H groups in total. The van der Waals surface area contributed by atoms with Crippen molar-refractivity contribution in [3.05, 3.63) is 43.0 Å². The average molecular weight is 379 g/mol. The van der Waals surface area contributed by atoms with Crippen molar-refractivity contribution in [3.8, 4) is 5.75 Å². The Hall–Kier alpha value is -1.21. The molecule has 0 aliphatic carbocycles. The molecule has 0 saturated heterocycles. The lowest BCUT2D eigenvalue weighted by atomic mass is 10.2. The Balaban J connectivity index is 3.20. The number of carbonyl (C=O) groups excluding carboxylic acids is 1. The van der Waals surface area contributed by atoms with Crippen LogP contribution in [0, 0.1) is 10.1 Å². The number of nitro groups is 1. The van der Waals surface area contributed by atoms with Gasteiger partial charge in [-0.1, -0.05) is 22.9 Å². The molecule has 0 bridgehead atoms. The van der Waals surface area contributed by atoms with E-state index in [1.807, 2.05) is 0 Å². The van der Waals surface area contributed by atoms with Crippen molar-refractivity contribution in [3.63, 3.8) is 0 Å². The van der Waals surface area contributed by atoms with Crippen LogP contribution in [0.15, 0.2) is 27.3 Å². The van der Waals surface area contributed by atoms with Gasteiger partial charge in [0.2, 0.25) is 6.20 Å². The van der Waals surface area contributed by atoms with Crippen LogP contribution in [-0.4, -0.2) is 10.9 Å². The summed E-state index contributed by atoms with van der Waals surface area (Å²) in [4.78, 5) is 21.0. The molecule has 1 rings (SSSR count). The third-order valence-corrected chi connectivity index (χ3v) is 2.96. The van der Waals surface area contributed by atoms with Crippen LogP contribution in [0.25, 0.3) is 6.08 Å². The van der Waals surface area contributed by atoms with Crippen LogP contribution in [0.3, 0.4) is 0 Å². The predicted molar refractivity (Wildman–Crippen MR) is 73.8 cm³/mol. The highest BCUT2D eigenvalue weighted by molar-refractivity contribution is 9.11. The summed E-state index contributed by atoms with van der Waals surface area (Å²) in [6.07, 6.45) is 2.28. The second kappa shape index (κ2) is 6.65. The third kappa shape index (κ3) is 4.23. The van der Waals surface area contributed by atoms with Crippen LogP contribution in [0.1, 0.15) is 18.9 Å². The summed E-state index contributed by atoms with van der Waals surface area (Å²) >= 11 is 6.51. The van der Waals surface area contributed by atoms with Crippen molar-refractivity contribution >= 4 is 43.9 Å². The molecule has 7 heteroatoms. The lowest BCUT2D eigenvalue weighted by molar-refractivity contribution is -0.400. The van der Waals surface area contributed by atoms with Crippen molar-refractivity contribution in [1.82, 2.24) is 0 Å². The Morgan fingerprint density at radius 3 is 2.72 bits per heavy atom. The number of rotatable bonds is 4. The highest BCUT2D eigenvalue weighted by Gasteiger charge is 2.12. The van der Waals surface area contributed by atoms with Crippen LogP contribution < -0.4 is 4.74 Å². The highest BCUT2D eigenvalue weighted by atomic mass is 79.9. The van der Waals surface area contributed by atoms with Gasteiger partial charge in [0.05, 0.1) is 9.40 Å². The second-order valence-electron chi connectivity index (χ2n) is 3.23. The molecule has 0 heterocycles. The zero-order valence-corrected chi connectivity index (χ0v) is 12.5. The van der Waals surface area contributed by atoms with Gasteiger partial charge in [-0.05, 0) is 28.1 Å². The maximum Gasteiger partial charge on any atom is 0.310 e. The molecule has 18 heavy (non-hydrogen) atoms. The lowest BCUT2D eigenvalue weighted by Crippen LogP contribution is -2.07. The van der Waals surface area contributed by atoms with Crippen molar-refractivity contribution in [2.75, 3.05) is 0 Å². The van der Waals surface area contributed by atoms with E-state index in [9.17, 15) is 14.9 Å². The Bertz CT molecular complexity index is 514. The van der Waals surface area contributed by atoms with Crippen LogP contribution in [-0.2, 0) is 4.79 Å². The molecule has 0 spiro atoms.